The fourth-order valence-corrected chi connectivity index (χ4v) is 3.89. The molecule has 0 amide bonds. The number of aromatic nitrogens is 2. The Morgan fingerprint density at radius 2 is 1.68 bits per heavy atom. The van der Waals surface area contributed by atoms with Crippen LogP contribution in [0.2, 0.25) is 10.3 Å². The van der Waals surface area contributed by atoms with Gasteiger partial charge in [0, 0.05) is 13.1 Å². The van der Waals surface area contributed by atoms with E-state index in [-0.39, 0.29) is 5.28 Å². The Bertz CT molecular complexity index is 448. The van der Waals surface area contributed by atoms with Crippen LogP contribution in [0, 0.1) is 5.41 Å². The molecule has 0 unspecified atom stereocenters. The minimum atomic E-state index is 0.275. The molecule has 104 valence electrons. The Hall–Kier alpha value is -0.540. The molecule has 0 radical (unpaired) electrons. The van der Waals surface area contributed by atoms with Crippen LogP contribution >= 0.6 is 23.2 Å². The molecule has 2 fully saturated rings. The van der Waals surface area contributed by atoms with Crippen LogP contribution in [-0.2, 0) is 0 Å². The zero-order valence-electron chi connectivity index (χ0n) is 11.0. The number of rotatable bonds is 1. The topological polar surface area (TPSA) is 29.0 Å². The summed E-state index contributed by atoms with van der Waals surface area (Å²) in [6.07, 6.45) is 11.1. The molecule has 0 N–H and O–H groups in total. The van der Waals surface area contributed by atoms with E-state index >= 15 is 0 Å². The van der Waals surface area contributed by atoms with Gasteiger partial charge in [0.1, 0.15) is 5.02 Å². The minimum Gasteiger partial charge on any atom is -0.355 e. The molecule has 2 aliphatic rings. The predicted octanol–water partition coefficient (Wildman–Crippen LogP) is 4.33. The Morgan fingerprint density at radius 3 is 2.37 bits per heavy atom. The highest BCUT2D eigenvalue weighted by molar-refractivity contribution is 6.33. The zero-order chi connectivity index (χ0) is 13.3. The summed E-state index contributed by atoms with van der Waals surface area (Å²) in [7, 11) is 0. The third kappa shape index (κ3) is 2.82. The van der Waals surface area contributed by atoms with Crippen LogP contribution in [0.25, 0.3) is 0 Å². The fraction of sp³-hybridized carbons (Fsp3) is 0.714. The first-order valence-corrected chi connectivity index (χ1v) is 7.87. The van der Waals surface area contributed by atoms with E-state index < -0.39 is 0 Å². The van der Waals surface area contributed by atoms with Gasteiger partial charge < -0.3 is 4.90 Å². The standard InChI is InChI=1S/C14H19Cl2N3/c15-11-10-17-13(16)18-12(11)19-8-6-14(7-9-19)4-2-1-3-5-14/h10H,1-9H2. The molecule has 1 saturated carbocycles. The lowest BCUT2D eigenvalue weighted by Crippen LogP contribution is -2.41. The van der Waals surface area contributed by atoms with E-state index in [0.717, 1.165) is 18.9 Å². The monoisotopic (exact) mass is 299 g/mol. The molecule has 3 nitrogen and oxygen atoms in total. The Kier molecular flexibility index (Phi) is 3.86. The fourth-order valence-electron chi connectivity index (χ4n) is 3.55. The Labute approximate surface area is 124 Å². The molecule has 1 saturated heterocycles. The van der Waals surface area contributed by atoms with E-state index in [1.807, 2.05) is 0 Å². The molecule has 1 spiro atoms. The van der Waals surface area contributed by atoms with E-state index in [4.69, 9.17) is 23.2 Å². The molecular weight excluding hydrogens is 281 g/mol. The van der Waals surface area contributed by atoms with Crippen LogP contribution in [0.15, 0.2) is 6.20 Å². The van der Waals surface area contributed by atoms with Gasteiger partial charge in [-0.25, -0.2) is 4.98 Å². The van der Waals surface area contributed by atoms with Crippen LogP contribution in [0.1, 0.15) is 44.9 Å². The van der Waals surface area contributed by atoms with Crippen molar-refractivity contribution >= 4 is 29.0 Å². The first kappa shape index (κ1) is 13.4. The predicted molar refractivity (Wildman–Crippen MR) is 79.0 cm³/mol. The maximum atomic E-state index is 6.18. The highest BCUT2D eigenvalue weighted by Gasteiger charge is 2.36. The average Bonchev–Trinajstić information content (AvgIpc) is 2.44. The summed E-state index contributed by atoms with van der Waals surface area (Å²) in [5.74, 6) is 0.798. The van der Waals surface area contributed by atoms with Crippen molar-refractivity contribution in [1.29, 1.82) is 0 Å². The van der Waals surface area contributed by atoms with Gasteiger partial charge in [0.2, 0.25) is 5.28 Å². The van der Waals surface area contributed by atoms with Gasteiger partial charge in [-0.15, -0.1) is 0 Å². The maximum Gasteiger partial charge on any atom is 0.224 e. The van der Waals surface area contributed by atoms with Gasteiger partial charge in [-0.05, 0) is 42.7 Å². The van der Waals surface area contributed by atoms with Gasteiger partial charge in [0.25, 0.3) is 0 Å². The summed E-state index contributed by atoms with van der Waals surface area (Å²) < 4.78 is 0. The van der Waals surface area contributed by atoms with Crippen molar-refractivity contribution in [3.63, 3.8) is 0 Å². The largest absolute Gasteiger partial charge is 0.355 e. The molecule has 1 aromatic rings. The number of piperidine rings is 1. The Morgan fingerprint density at radius 1 is 1.00 bits per heavy atom. The van der Waals surface area contributed by atoms with Crippen molar-refractivity contribution in [3.8, 4) is 0 Å². The second kappa shape index (κ2) is 5.45. The van der Waals surface area contributed by atoms with Crippen LogP contribution in [0.5, 0.6) is 0 Å². The van der Waals surface area contributed by atoms with Crippen LogP contribution in [-0.4, -0.2) is 23.1 Å². The second-order valence-corrected chi connectivity index (χ2v) is 6.60. The van der Waals surface area contributed by atoms with Gasteiger partial charge >= 0.3 is 0 Å². The van der Waals surface area contributed by atoms with Crippen LogP contribution in [0.4, 0.5) is 5.82 Å². The Balaban J connectivity index is 1.71. The van der Waals surface area contributed by atoms with Crippen molar-refractivity contribution in [2.75, 3.05) is 18.0 Å². The summed E-state index contributed by atoms with van der Waals surface area (Å²) in [6, 6.07) is 0. The van der Waals surface area contributed by atoms with Crippen molar-refractivity contribution in [3.05, 3.63) is 16.5 Å². The van der Waals surface area contributed by atoms with Crippen molar-refractivity contribution in [2.45, 2.75) is 44.9 Å². The van der Waals surface area contributed by atoms with Crippen molar-refractivity contribution in [1.82, 2.24) is 9.97 Å². The van der Waals surface area contributed by atoms with Gasteiger partial charge in [-0.2, -0.15) is 4.98 Å². The quantitative estimate of drug-likeness (QED) is 0.723. The zero-order valence-corrected chi connectivity index (χ0v) is 12.6. The van der Waals surface area contributed by atoms with Gasteiger partial charge in [-0.1, -0.05) is 30.9 Å². The third-order valence-electron chi connectivity index (χ3n) is 4.73. The smallest absolute Gasteiger partial charge is 0.224 e. The molecule has 5 heteroatoms. The number of hydrogen-bond donors (Lipinski definition) is 0. The van der Waals surface area contributed by atoms with E-state index in [1.54, 1.807) is 6.20 Å². The van der Waals surface area contributed by atoms with Gasteiger partial charge in [-0.3, -0.25) is 0 Å². The molecule has 2 heterocycles. The molecule has 1 aliphatic heterocycles. The highest BCUT2D eigenvalue weighted by atomic mass is 35.5. The molecule has 0 atom stereocenters. The van der Waals surface area contributed by atoms with Gasteiger partial charge in [0.15, 0.2) is 5.82 Å². The van der Waals surface area contributed by atoms with E-state index in [0.29, 0.717) is 10.4 Å². The summed E-state index contributed by atoms with van der Waals surface area (Å²) in [4.78, 5) is 10.5. The van der Waals surface area contributed by atoms with E-state index in [2.05, 4.69) is 14.9 Å². The second-order valence-electron chi connectivity index (χ2n) is 5.86. The molecule has 3 rings (SSSR count). The van der Waals surface area contributed by atoms with Crippen LogP contribution < -0.4 is 4.90 Å². The minimum absolute atomic E-state index is 0.275. The molecule has 1 aliphatic carbocycles. The van der Waals surface area contributed by atoms with Crippen molar-refractivity contribution in [2.24, 2.45) is 5.41 Å². The maximum absolute atomic E-state index is 6.18. The number of anilines is 1. The molecular formula is C14H19Cl2N3. The SMILES string of the molecule is Clc1ncc(Cl)c(N2CCC3(CCCCC3)CC2)n1. The summed E-state index contributed by atoms with van der Waals surface area (Å²) in [6.45, 7) is 2.07. The first-order valence-electron chi connectivity index (χ1n) is 7.12. The highest BCUT2D eigenvalue weighted by Crippen LogP contribution is 2.45. The van der Waals surface area contributed by atoms with Crippen LogP contribution in [0.3, 0.4) is 0 Å². The lowest BCUT2D eigenvalue weighted by atomic mass is 9.68. The molecule has 1 aromatic heterocycles. The molecule has 19 heavy (non-hydrogen) atoms. The summed E-state index contributed by atoms with van der Waals surface area (Å²) in [5.41, 5.74) is 0.595. The number of nitrogens with zero attached hydrogens (tertiary/aromatic N) is 3. The third-order valence-corrected chi connectivity index (χ3v) is 5.18. The number of hydrogen-bond acceptors (Lipinski definition) is 3. The van der Waals surface area contributed by atoms with E-state index in [1.165, 1.54) is 44.9 Å². The number of halogens is 2. The first-order chi connectivity index (χ1) is 9.19. The molecule has 0 aromatic carbocycles. The lowest BCUT2D eigenvalue weighted by Gasteiger charge is -2.44. The average molecular weight is 300 g/mol. The van der Waals surface area contributed by atoms with Crippen molar-refractivity contribution < 1.29 is 0 Å². The molecule has 0 bridgehead atoms. The van der Waals surface area contributed by atoms with Gasteiger partial charge in [0.05, 0.1) is 6.20 Å². The summed E-state index contributed by atoms with van der Waals surface area (Å²) in [5, 5.41) is 0.876. The lowest BCUT2D eigenvalue weighted by molar-refractivity contribution is 0.144. The normalized spacial score (nSPS) is 22.7. The van der Waals surface area contributed by atoms with E-state index in [9.17, 15) is 0 Å². The summed E-state index contributed by atoms with van der Waals surface area (Å²) >= 11 is 12.1.